The van der Waals surface area contributed by atoms with Crippen LogP contribution in [-0.4, -0.2) is 51.6 Å². The Labute approximate surface area is 206 Å². The molecule has 0 aliphatic heterocycles. The van der Waals surface area contributed by atoms with Crippen LogP contribution in [0.25, 0.3) is 5.65 Å². The monoisotopic (exact) mass is 483 g/mol. The van der Waals surface area contributed by atoms with Gasteiger partial charge in [-0.2, -0.15) is 4.52 Å². The number of aryl methyl sites for hydroxylation is 1. The summed E-state index contributed by atoms with van der Waals surface area (Å²) in [6.07, 6.45) is 1.79. The number of ether oxygens (including phenoxy) is 3. The molecule has 0 bridgehead atoms. The van der Waals surface area contributed by atoms with E-state index < -0.39 is 0 Å². The van der Waals surface area contributed by atoms with Crippen LogP contribution in [0.3, 0.4) is 0 Å². The van der Waals surface area contributed by atoms with Gasteiger partial charge in [0.05, 0.1) is 12.7 Å². The third-order valence-corrected chi connectivity index (χ3v) is 5.89. The molecule has 0 aliphatic carbocycles. The highest BCUT2D eigenvalue weighted by molar-refractivity contribution is 5.96. The first-order chi connectivity index (χ1) is 16.6. The zero-order valence-corrected chi connectivity index (χ0v) is 21.8. The Kier molecular flexibility index (Phi) is 8.32. The minimum Gasteiger partial charge on any atom is -0.491 e. The average Bonchev–Trinajstić information content (AvgIpc) is 3.12. The highest BCUT2D eigenvalue weighted by Gasteiger charge is 2.20. The van der Waals surface area contributed by atoms with Gasteiger partial charge in [0.25, 0.3) is 0 Å². The van der Waals surface area contributed by atoms with Crippen LogP contribution in [0.1, 0.15) is 68.9 Å². The van der Waals surface area contributed by atoms with Crippen LogP contribution in [0.15, 0.2) is 24.3 Å². The van der Waals surface area contributed by atoms with Gasteiger partial charge in [-0.25, -0.2) is 4.68 Å². The Morgan fingerprint density at radius 3 is 2.43 bits per heavy atom. The van der Waals surface area contributed by atoms with Gasteiger partial charge in [0, 0.05) is 24.3 Å². The molecule has 0 amide bonds. The van der Waals surface area contributed by atoms with Crippen molar-refractivity contribution in [2.75, 3.05) is 20.3 Å². The number of hydrogen-bond acceptors (Lipinski definition) is 7. The number of hydrogen-bond donors (Lipinski definition) is 1. The molecule has 35 heavy (non-hydrogen) atoms. The number of rotatable bonds is 11. The summed E-state index contributed by atoms with van der Waals surface area (Å²) < 4.78 is 19.6. The molecule has 0 atom stereocenters. The summed E-state index contributed by atoms with van der Waals surface area (Å²) in [7, 11) is 1.62. The van der Waals surface area contributed by atoms with Gasteiger partial charge in [-0.3, -0.25) is 10.2 Å². The maximum absolute atomic E-state index is 13.3. The lowest BCUT2D eigenvalue weighted by molar-refractivity contribution is 0.0964. The molecular weight excluding hydrogens is 446 g/mol. The zero-order valence-electron chi connectivity index (χ0n) is 21.8. The van der Waals surface area contributed by atoms with E-state index >= 15 is 0 Å². The van der Waals surface area contributed by atoms with Crippen molar-refractivity contribution in [2.24, 2.45) is 0 Å². The van der Waals surface area contributed by atoms with E-state index in [1.807, 2.05) is 25.1 Å². The van der Waals surface area contributed by atoms with Crippen molar-refractivity contribution in [1.29, 1.82) is 5.41 Å². The summed E-state index contributed by atoms with van der Waals surface area (Å²) in [4.78, 5) is 13.3. The quantitative estimate of drug-likeness (QED) is 0.325. The smallest absolute Gasteiger partial charge is 0.242 e. The van der Waals surface area contributed by atoms with Crippen molar-refractivity contribution < 1.29 is 19.0 Å². The van der Waals surface area contributed by atoms with Crippen molar-refractivity contribution in [3.63, 3.8) is 0 Å². The number of Topliss-reactive ketones (excluding diaryl/α,β-unsaturated/α-hetero) is 1. The first kappa shape index (κ1) is 26.4. The normalized spacial score (nSPS) is 11.9. The Morgan fingerprint density at radius 1 is 1.09 bits per heavy atom. The predicted octanol–water partition coefficient (Wildman–Crippen LogP) is 4.09. The summed E-state index contributed by atoms with van der Waals surface area (Å²) in [6.45, 7) is 13.0. The molecule has 2 heterocycles. The molecule has 9 nitrogen and oxygen atoms in total. The molecule has 1 N–H and O–H groups in total. The molecule has 190 valence electrons. The van der Waals surface area contributed by atoms with Crippen molar-refractivity contribution in [3.05, 3.63) is 46.6 Å². The van der Waals surface area contributed by atoms with Gasteiger partial charge in [0.1, 0.15) is 18.9 Å². The van der Waals surface area contributed by atoms with E-state index in [0.29, 0.717) is 36.1 Å². The Morgan fingerprint density at radius 2 is 1.80 bits per heavy atom. The molecule has 3 aromatic rings. The van der Waals surface area contributed by atoms with Gasteiger partial charge in [0.15, 0.2) is 11.4 Å². The number of nitrogens with one attached hydrogen (secondary N) is 1. The summed E-state index contributed by atoms with van der Waals surface area (Å²) in [6, 6.07) is 7.40. The molecule has 0 radical (unpaired) electrons. The Hall–Kier alpha value is -3.20. The van der Waals surface area contributed by atoms with Crippen LogP contribution in [0, 0.1) is 12.3 Å². The van der Waals surface area contributed by atoms with E-state index in [1.54, 1.807) is 13.2 Å². The minimum atomic E-state index is -0.168. The third kappa shape index (κ3) is 6.28. The first-order valence-electron chi connectivity index (χ1n) is 12.1. The molecule has 0 saturated carbocycles. The topological polar surface area (TPSA) is 104 Å². The van der Waals surface area contributed by atoms with E-state index in [1.165, 1.54) is 9.20 Å². The zero-order chi connectivity index (χ0) is 25.8. The van der Waals surface area contributed by atoms with Crippen LogP contribution in [-0.2, 0) is 16.7 Å². The largest absolute Gasteiger partial charge is 0.491 e. The highest BCUT2D eigenvalue weighted by Crippen LogP contribution is 2.28. The van der Waals surface area contributed by atoms with Crippen LogP contribution >= 0.6 is 0 Å². The van der Waals surface area contributed by atoms with Crippen LogP contribution in [0.2, 0.25) is 0 Å². The SMILES string of the molecule is CCC(CC)Oc1cc(C)c2nn(CC(=O)c3cc(OCCOC)cc(C(C)(C)C)c3)c(=N)n2n1. The lowest BCUT2D eigenvalue weighted by Gasteiger charge is -2.21. The first-order valence-corrected chi connectivity index (χ1v) is 12.1. The van der Waals surface area contributed by atoms with E-state index in [0.717, 1.165) is 24.0 Å². The number of benzene rings is 1. The molecule has 1 aromatic carbocycles. The molecule has 0 unspecified atom stereocenters. The standard InChI is InChI=1S/C26H37N5O4/c1-8-20(9-2)35-23-12-17(3)24-29-30(25(27)31(24)28-23)16-22(32)18-13-19(26(4,5)6)15-21(14-18)34-11-10-33-7/h12-15,20,27H,8-11,16H2,1-7H3. The second-order valence-electron chi connectivity index (χ2n) is 9.70. The predicted molar refractivity (Wildman–Crippen MR) is 133 cm³/mol. The second kappa shape index (κ2) is 11.0. The van der Waals surface area contributed by atoms with Crippen molar-refractivity contribution in [3.8, 4) is 11.6 Å². The van der Waals surface area contributed by atoms with Crippen LogP contribution < -0.4 is 15.1 Å². The summed E-state index contributed by atoms with van der Waals surface area (Å²) in [5.74, 6) is 0.897. The van der Waals surface area contributed by atoms with Crippen molar-refractivity contribution in [2.45, 2.75) is 72.4 Å². The number of carbonyl (C=O) groups is 1. The van der Waals surface area contributed by atoms with Crippen LogP contribution in [0.5, 0.6) is 11.6 Å². The van der Waals surface area contributed by atoms with E-state index in [-0.39, 0.29) is 29.5 Å². The third-order valence-electron chi connectivity index (χ3n) is 5.89. The van der Waals surface area contributed by atoms with E-state index in [4.69, 9.17) is 19.6 Å². The summed E-state index contributed by atoms with van der Waals surface area (Å²) in [5, 5.41) is 17.5. The maximum Gasteiger partial charge on any atom is 0.242 e. The van der Waals surface area contributed by atoms with Crippen LogP contribution in [0.4, 0.5) is 0 Å². The molecule has 9 heteroatoms. The van der Waals surface area contributed by atoms with E-state index in [2.05, 4.69) is 44.8 Å². The van der Waals surface area contributed by atoms with Gasteiger partial charge in [-0.15, -0.1) is 10.2 Å². The fourth-order valence-corrected chi connectivity index (χ4v) is 3.67. The minimum absolute atomic E-state index is 0.00925. The molecule has 0 aliphatic rings. The van der Waals surface area contributed by atoms with Gasteiger partial charge in [0.2, 0.25) is 11.5 Å². The lowest BCUT2D eigenvalue weighted by atomic mass is 9.85. The molecule has 0 fully saturated rings. The molecule has 3 rings (SSSR count). The van der Waals surface area contributed by atoms with Gasteiger partial charge >= 0.3 is 0 Å². The Bertz CT molecular complexity index is 1230. The Balaban J connectivity index is 1.93. The number of methoxy groups -OCH3 is 1. The number of carbonyl (C=O) groups excluding carboxylic acids is 1. The number of ketones is 1. The number of fused-ring (bicyclic) bond motifs is 1. The molecule has 2 aromatic heterocycles. The second-order valence-corrected chi connectivity index (χ2v) is 9.70. The van der Waals surface area contributed by atoms with Crippen molar-refractivity contribution >= 4 is 11.4 Å². The highest BCUT2D eigenvalue weighted by atomic mass is 16.5. The van der Waals surface area contributed by atoms with Gasteiger partial charge in [-0.1, -0.05) is 34.6 Å². The summed E-state index contributed by atoms with van der Waals surface area (Å²) in [5.41, 5.74) is 2.68. The lowest BCUT2D eigenvalue weighted by Crippen LogP contribution is -2.27. The summed E-state index contributed by atoms with van der Waals surface area (Å²) >= 11 is 0. The number of nitrogens with zero attached hydrogens (tertiary/aromatic N) is 4. The molecule has 0 saturated heterocycles. The molecular formula is C26H37N5O4. The average molecular weight is 484 g/mol. The van der Waals surface area contributed by atoms with E-state index in [9.17, 15) is 4.79 Å². The fraction of sp³-hybridized carbons (Fsp3) is 0.538. The van der Waals surface area contributed by atoms with Gasteiger partial charge in [-0.05, 0) is 48.9 Å². The molecule has 0 spiro atoms. The van der Waals surface area contributed by atoms with Crippen molar-refractivity contribution in [1.82, 2.24) is 19.4 Å². The fourth-order valence-electron chi connectivity index (χ4n) is 3.67. The number of aromatic nitrogens is 4. The van der Waals surface area contributed by atoms with Gasteiger partial charge < -0.3 is 14.2 Å². The maximum atomic E-state index is 13.3.